The number of hydrogen-bond acceptors (Lipinski definition) is 6. The molecule has 0 aliphatic carbocycles. The summed E-state index contributed by atoms with van der Waals surface area (Å²) in [4.78, 5) is 19.4. The second kappa shape index (κ2) is 10.5. The van der Waals surface area contributed by atoms with Gasteiger partial charge in [0, 0.05) is 42.2 Å². The van der Waals surface area contributed by atoms with Crippen molar-refractivity contribution >= 4 is 5.91 Å². The maximum atomic E-state index is 12.6. The Morgan fingerprint density at radius 3 is 2.64 bits per heavy atom. The highest BCUT2D eigenvalue weighted by molar-refractivity contribution is 5.81. The highest BCUT2D eigenvalue weighted by Crippen LogP contribution is 2.36. The molecule has 180 valence electrons. The number of nitrogens with zero attached hydrogens (tertiary/aromatic N) is 2. The molecule has 1 amide bonds. The summed E-state index contributed by atoms with van der Waals surface area (Å²) in [6, 6.07) is 11.4. The van der Waals surface area contributed by atoms with Crippen molar-refractivity contribution in [1.29, 1.82) is 0 Å². The summed E-state index contributed by atoms with van der Waals surface area (Å²) in [5.41, 5.74) is -0.131. The van der Waals surface area contributed by atoms with Crippen molar-refractivity contribution in [2.45, 2.75) is 45.8 Å². The number of likely N-dealkylation sites (tertiary alicyclic amines) is 1. The number of carbonyl (C=O) groups excluding carboxylic acids is 1. The first-order chi connectivity index (χ1) is 15.7. The van der Waals surface area contributed by atoms with Gasteiger partial charge >= 0.3 is 0 Å². The highest BCUT2D eigenvalue weighted by atomic mass is 16.5. The summed E-state index contributed by atoms with van der Waals surface area (Å²) in [6.45, 7) is 8.05. The van der Waals surface area contributed by atoms with Crippen molar-refractivity contribution < 1.29 is 19.4 Å². The van der Waals surface area contributed by atoms with Gasteiger partial charge in [-0.15, -0.1) is 0 Å². The van der Waals surface area contributed by atoms with Gasteiger partial charge < -0.3 is 19.9 Å². The molecule has 0 spiro atoms. The molecule has 1 fully saturated rings. The molecular formula is C26H37N3O4. The summed E-state index contributed by atoms with van der Waals surface area (Å²) in [6.07, 6.45) is 3.49. The van der Waals surface area contributed by atoms with Crippen LogP contribution in [-0.4, -0.2) is 54.8 Å². The predicted octanol–water partition coefficient (Wildman–Crippen LogP) is 3.36. The van der Waals surface area contributed by atoms with Crippen molar-refractivity contribution in [2.24, 2.45) is 11.3 Å². The van der Waals surface area contributed by atoms with Crippen LogP contribution in [0.4, 0.5) is 0 Å². The summed E-state index contributed by atoms with van der Waals surface area (Å²) in [7, 11) is 3.30. The molecule has 3 rings (SSSR count). The minimum atomic E-state index is -1.26. The quantitative estimate of drug-likeness (QED) is 0.635. The number of nitrogens with one attached hydrogen (secondary N) is 1. The normalized spacial score (nSPS) is 18.9. The van der Waals surface area contributed by atoms with E-state index in [1.165, 1.54) is 0 Å². The number of aromatic nitrogens is 1. The van der Waals surface area contributed by atoms with Crippen LogP contribution in [0.25, 0.3) is 0 Å². The van der Waals surface area contributed by atoms with Gasteiger partial charge in [0.25, 0.3) is 0 Å². The molecule has 1 aliphatic rings. The zero-order valence-corrected chi connectivity index (χ0v) is 20.4. The van der Waals surface area contributed by atoms with Crippen LogP contribution in [0.2, 0.25) is 0 Å². The van der Waals surface area contributed by atoms with E-state index in [4.69, 9.17) is 9.47 Å². The average molecular weight is 456 g/mol. The highest BCUT2D eigenvalue weighted by Gasteiger charge is 2.42. The molecule has 2 N–H and O–H groups in total. The van der Waals surface area contributed by atoms with E-state index in [0.717, 1.165) is 36.4 Å². The van der Waals surface area contributed by atoms with Crippen LogP contribution in [0.1, 0.15) is 44.9 Å². The maximum absolute atomic E-state index is 12.6. The largest absolute Gasteiger partial charge is 0.497 e. The van der Waals surface area contributed by atoms with Crippen LogP contribution in [0.15, 0.2) is 42.6 Å². The lowest BCUT2D eigenvalue weighted by Crippen LogP contribution is -2.53. The number of methoxy groups -OCH3 is 2. The van der Waals surface area contributed by atoms with Gasteiger partial charge in [-0.1, -0.05) is 32.9 Å². The number of piperidine rings is 1. The minimum Gasteiger partial charge on any atom is -0.497 e. The Hall–Kier alpha value is -2.64. The van der Waals surface area contributed by atoms with E-state index < -0.39 is 11.0 Å². The summed E-state index contributed by atoms with van der Waals surface area (Å²) >= 11 is 0. The standard InChI is InChI=1S/C26H37N3O4/c1-25(2,3)24(30)28-18-26(31,23-10-6-7-13-27-23)20-9-8-14-29(17-20)16-19-11-12-21(32-4)15-22(19)33-5/h6-7,10-13,15,20,31H,8-9,14,16-18H2,1-5H3,(H,28,30). The average Bonchev–Trinajstić information content (AvgIpc) is 2.82. The Bertz CT molecular complexity index is 929. The van der Waals surface area contributed by atoms with Crippen LogP contribution in [-0.2, 0) is 16.9 Å². The van der Waals surface area contributed by atoms with Crippen molar-refractivity contribution in [2.75, 3.05) is 33.9 Å². The molecule has 0 saturated carbocycles. The Balaban J connectivity index is 1.81. The topological polar surface area (TPSA) is 83.9 Å². The number of amides is 1. The molecule has 0 radical (unpaired) electrons. The van der Waals surface area contributed by atoms with E-state index in [2.05, 4.69) is 15.2 Å². The minimum absolute atomic E-state index is 0.0781. The SMILES string of the molecule is COc1ccc(CN2CCCC(C(O)(CNC(=O)C(C)(C)C)c3ccccn3)C2)c(OC)c1. The fourth-order valence-electron chi connectivity index (χ4n) is 4.36. The van der Waals surface area contributed by atoms with Crippen molar-refractivity contribution in [3.05, 3.63) is 53.9 Å². The zero-order valence-electron chi connectivity index (χ0n) is 20.4. The van der Waals surface area contributed by atoms with Crippen LogP contribution in [0.5, 0.6) is 11.5 Å². The molecule has 1 aromatic carbocycles. The molecule has 33 heavy (non-hydrogen) atoms. The summed E-state index contributed by atoms with van der Waals surface area (Å²) < 4.78 is 10.9. The van der Waals surface area contributed by atoms with Gasteiger partial charge in [-0.05, 0) is 37.6 Å². The van der Waals surface area contributed by atoms with Crippen molar-refractivity contribution in [3.8, 4) is 11.5 Å². The van der Waals surface area contributed by atoms with E-state index in [9.17, 15) is 9.90 Å². The second-order valence-corrected chi connectivity index (χ2v) is 9.82. The first kappa shape index (κ1) is 25.0. The van der Waals surface area contributed by atoms with Gasteiger partial charge in [0.15, 0.2) is 0 Å². The molecule has 7 heteroatoms. The molecule has 1 aliphatic heterocycles. The molecule has 0 bridgehead atoms. The summed E-state index contributed by atoms with van der Waals surface area (Å²) in [5, 5.41) is 14.9. The smallest absolute Gasteiger partial charge is 0.225 e. The van der Waals surface area contributed by atoms with Gasteiger partial charge in [-0.3, -0.25) is 14.7 Å². The predicted molar refractivity (Wildman–Crippen MR) is 128 cm³/mol. The summed E-state index contributed by atoms with van der Waals surface area (Å²) in [5.74, 6) is 1.37. The third-order valence-electron chi connectivity index (χ3n) is 6.38. The molecule has 7 nitrogen and oxygen atoms in total. The van der Waals surface area contributed by atoms with Crippen LogP contribution < -0.4 is 14.8 Å². The Labute approximate surface area is 197 Å². The van der Waals surface area contributed by atoms with E-state index in [-0.39, 0.29) is 18.4 Å². The Morgan fingerprint density at radius 1 is 1.21 bits per heavy atom. The number of pyridine rings is 1. The molecule has 2 atom stereocenters. The number of benzene rings is 1. The first-order valence-corrected chi connectivity index (χ1v) is 11.5. The third-order valence-corrected chi connectivity index (χ3v) is 6.38. The van der Waals surface area contributed by atoms with Gasteiger partial charge in [0.2, 0.25) is 5.91 Å². The number of hydrogen-bond donors (Lipinski definition) is 2. The monoisotopic (exact) mass is 455 g/mol. The lowest BCUT2D eigenvalue weighted by Gasteiger charge is -2.42. The van der Waals surface area contributed by atoms with Gasteiger partial charge in [-0.2, -0.15) is 0 Å². The first-order valence-electron chi connectivity index (χ1n) is 11.5. The molecule has 2 unspecified atom stereocenters. The Morgan fingerprint density at radius 2 is 2.00 bits per heavy atom. The number of rotatable bonds is 8. The van der Waals surface area contributed by atoms with E-state index in [1.807, 2.05) is 57.2 Å². The molecule has 2 aromatic rings. The van der Waals surface area contributed by atoms with E-state index >= 15 is 0 Å². The molecule has 2 heterocycles. The Kier molecular flexibility index (Phi) is 7.97. The second-order valence-electron chi connectivity index (χ2n) is 9.82. The van der Waals surface area contributed by atoms with Gasteiger partial charge in [-0.25, -0.2) is 0 Å². The molecular weight excluding hydrogens is 418 g/mol. The van der Waals surface area contributed by atoms with Crippen LogP contribution >= 0.6 is 0 Å². The van der Waals surface area contributed by atoms with E-state index in [1.54, 1.807) is 20.4 Å². The van der Waals surface area contributed by atoms with Crippen molar-refractivity contribution in [1.82, 2.24) is 15.2 Å². The van der Waals surface area contributed by atoms with Crippen LogP contribution in [0, 0.1) is 11.3 Å². The number of carbonyl (C=O) groups is 1. The number of aliphatic hydroxyl groups is 1. The number of ether oxygens (including phenoxy) is 2. The van der Waals surface area contributed by atoms with Crippen molar-refractivity contribution in [3.63, 3.8) is 0 Å². The third kappa shape index (κ3) is 6.03. The van der Waals surface area contributed by atoms with Crippen LogP contribution in [0.3, 0.4) is 0 Å². The maximum Gasteiger partial charge on any atom is 0.225 e. The van der Waals surface area contributed by atoms with Gasteiger partial charge in [0.1, 0.15) is 17.1 Å². The molecule has 1 saturated heterocycles. The van der Waals surface area contributed by atoms with Gasteiger partial charge in [0.05, 0.1) is 26.5 Å². The molecule has 1 aromatic heterocycles. The van der Waals surface area contributed by atoms with E-state index in [0.29, 0.717) is 18.8 Å². The lowest BCUT2D eigenvalue weighted by molar-refractivity contribution is -0.131. The fourth-order valence-corrected chi connectivity index (χ4v) is 4.36. The lowest BCUT2D eigenvalue weighted by atomic mass is 9.78. The fraction of sp³-hybridized carbons (Fsp3) is 0.538. The zero-order chi connectivity index (χ0) is 24.1.